The molecule has 0 saturated heterocycles. The van der Waals surface area contributed by atoms with Gasteiger partial charge in [0.1, 0.15) is 16.2 Å². The van der Waals surface area contributed by atoms with E-state index in [4.69, 9.17) is 0 Å². The lowest BCUT2D eigenvalue weighted by atomic mass is 10.3. The summed E-state index contributed by atoms with van der Waals surface area (Å²) in [6.07, 6.45) is 2.17. The van der Waals surface area contributed by atoms with Gasteiger partial charge in [-0.15, -0.1) is 11.8 Å². The van der Waals surface area contributed by atoms with Gasteiger partial charge in [0.2, 0.25) is 0 Å². The molecule has 2 heterocycles. The maximum Gasteiger partial charge on any atom is 0.332 e. The third-order valence-electron chi connectivity index (χ3n) is 3.51. The predicted molar refractivity (Wildman–Crippen MR) is 78.4 cm³/mol. The van der Waals surface area contributed by atoms with Gasteiger partial charge in [-0.25, -0.2) is 14.8 Å². The zero-order chi connectivity index (χ0) is 14.4. The van der Waals surface area contributed by atoms with Crippen molar-refractivity contribution in [3.8, 4) is 0 Å². The Kier molecular flexibility index (Phi) is 3.16. The maximum atomic E-state index is 12.4. The lowest BCUT2D eigenvalue weighted by molar-refractivity contribution is 0.698. The summed E-state index contributed by atoms with van der Waals surface area (Å²) < 4.78 is 2.55. The van der Waals surface area contributed by atoms with Crippen molar-refractivity contribution in [2.45, 2.75) is 30.7 Å². The van der Waals surface area contributed by atoms with E-state index in [0.717, 1.165) is 29.0 Å². The first kappa shape index (κ1) is 13.4. The minimum Gasteiger partial charge on any atom is -0.280 e. The molecule has 6 nitrogen and oxygen atoms in total. The maximum absolute atomic E-state index is 12.4. The highest BCUT2D eigenvalue weighted by atomic mass is 32.2. The van der Waals surface area contributed by atoms with Crippen molar-refractivity contribution in [2.75, 3.05) is 5.75 Å². The average molecular weight is 292 g/mol. The number of hydrogen-bond donors (Lipinski definition) is 0. The molecule has 0 aliphatic heterocycles. The van der Waals surface area contributed by atoms with Crippen LogP contribution < -0.4 is 11.2 Å². The second-order valence-corrected chi connectivity index (χ2v) is 6.25. The number of fused-ring (bicyclic) bond motifs is 1. The molecule has 20 heavy (non-hydrogen) atoms. The molecule has 1 aliphatic carbocycles. The van der Waals surface area contributed by atoms with Crippen LogP contribution in [0.25, 0.3) is 11.0 Å². The minimum atomic E-state index is -0.351. The number of aromatic nitrogens is 4. The second kappa shape index (κ2) is 4.73. The average Bonchev–Trinajstić information content (AvgIpc) is 3.27. The third kappa shape index (κ3) is 1.96. The zero-order valence-electron chi connectivity index (χ0n) is 11.7. The molecule has 2 aromatic heterocycles. The van der Waals surface area contributed by atoms with E-state index in [1.807, 2.05) is 6.92 Å². The summed E-state index contributed by atoms with van der Waals surface area (Å²) >= 11 is 1.52. The molecular formula is C13H16N4O2S. The Balaban J connectivity index is 2.44. The Morgan fingerprint density at radius 3 is 2.50 bits per heavy atom. The van der Waals surface area contributed by atoms with E-state index in [-0.39, 0.29) is 11.2 Å². The first-order chi connectivity index (χ1) is 9.54. The number of hydrogen-bond acceptors (Lipinski definition) is 5. The minimum absolute atomic E-state index is 0.318. The molecule has 7 heteroatoms. The molecule has 0 amide bonds. The fourth-order valence-electron chi connectivity index (χ4n) is 2.21. The first-order valence-electron chi connectivity index (χ1n) is 6.65. The molecule has 2 aromatic rings. The predicted octanol–water partition coefficient (Wildman–Crippen LogP) is 1.02. The van der Waals surface area contributed by atoms with Crippen molar-refractivity contribution in [3.63, 3.8) is 0 Å². The molecule has 0 N–H and O–H groups in total. The highest BCUT2D eigenvalue weighted by Crippen LogP contribution is 2.39. The Hall–Kier alpha value is -1.63. The fourth-order valence-corrected chi connectivity index (χ4v) is 2.96. The normalized spacial score (nSPS) is 14.9. The van der Waals surface area contributed by atoms with E-state index in [0.29, 0.717) is 22.0 Å². The standard InChI is InChI=1S/C13H16N4O2S/c1-4-20-11-8-10(14-9(15-11)7-5-6-7)16(2)13(19)17(3)12(8)18/h7H,4-6H2,1-3H3. The molecule has 0 bridgehead atoms. The van der Waals surface area contributed by atoms with E-state index in [1.54, 1.807) is 7.05 Å². The van der Waals surface area contributed by atoms with Crippen LogP contribution in [0.5, 0.6) is 0 Å². The summed E-state index contributed by atoms with van der Waals surface area (Å²) in [5.41, 5.74) is -0.220. The van der Waals surface area contributed by atoms with E-state index in [1.165, 1.54) is 23.4 Å². The Bertz CT molecular complexity index is 805. The topological polar surface area (TPSA) is 69.8 Å². The molecule has 0 radical (unpaired) electrons. The van der Waals surface area contributed by atoms with Crippen molar-refractivity contribution < 1.29 is 0 Å². The lowest BCUT2D eigenvalue weighted by Crippen LogP contribution is -2.37. The molecule has 106 valence electrons. The SMILES string of the molecule is CCSc1nc(C2CC2)nc2c1c(=O)n(C)c(=O)n2C. The van der Waals surface area contributed by atoms with Crippen LogP contribution in [-0.2, 0) is 14.1 Å². The molecule has 3 rings (SSSR count). The number of thioether (sulfide) groups is 1. The summed E-state index contributed by atoms with van der Waals surface area (Å²) in [6, 6.07) is 0. The van der Waals surface area contributed by atoms with Crippen LogP contribution in [0.1, 0.15) is 31.5 Å². The van der Waals surface area contributed by atoms with Crippen molar-refractivity contribution in [1.29, 1.82) is 0 Å². The highest BCUT2D eigenvalue weighted by Gasteiger charge is 2.28. The van der Waals surface area contributed by atoms with Crippen LogP contribution in [0.2, 0.25) is 0 Å². The van der Waals surface area contributed by atoms with Crippen LogP contribution in [-0.4, -0.2) is 24.9 Å². The molecule has 1 saturated carbocycles. The van der Waals surface area contributed by atoms with Crippen LogP contribution in [0, 0.1) is 0 Å². The molecule has 0 unspecified atom stereocenters. The van der Waals surface area contributed by atoms with Gasteiger partial charge in [0.15, 0.2) is 5.65 Å². The largest absolute Gasteiger partial charge is 0.332 e. The first-order valence-corrected chi connectivity index (χ1v) is 7.63. The summed E-state index contributed by atoms with van der Waals surface area (Å²) in [4.78, 5) is 33.4. The second-order valence-electron chi connectivity index (χ2n) is 5.00. The summed E-state index contributed by atoms with van der Waals surface area (Å²) in [6.45, 7) is 2.02. The Morgan fingerprint density at radius 1 is 1.20 bits per heavy atom. The van der Waals surface area contributed by atoms with Crippen molar-refractivity contribution in [3.05, 3.63) is 26.7 Å². The number of nitrogens with zero attached hydrogens (tertiary/aromatic N) is 4. The van der Waals surface area contributed by atoms with Gasteiger partial charge in [0.25, 0.3) is 5.56 Å². The number of rotatable bonds is 3. The smallest absolute Gasteiger partial charge is 0.280 e. The third-order valence-corrected chi connectivity index (χ3v) is 4.37. The van der Waals surface area contributed by atoms with Crippen molar-refractivity contribution in [1.82, 2.24) is 19.1 Å². The van der Waals surface area contributed by atoms with E-state index >= 15 is 0 Å². The van der Waals surface area contributed by atoms with E-state index in [9.17, 15) is 9.59 Å². The van der Waals surface area contributed by atoms with E-state index < -0.39 is 0 Å². The van der Waals surface area contributed by atoms with Gasteiger partial charge >= 0.3 is 5.69 Å². The highest BCUT2D eigenvalue weighted by molar-refractivity contribution is 7.99. The van der Waals surface area contributed by atoms with Gasteiger partial charge in [-0.1, -0.05) is 6.92 Å². The quantitative estimate of drug-likeness (QED) is 0.624. The molecule has 0 spiro atoms. The molecule has 1 aliphatic rings. The van der Waals surface area contributed by atoms with Gasteiger partial charge in [0.05, 0.1) is 0 Å². The van der Waals surface area contributed by atoms with Gasteiger partial charge in [-0.2, -0.15) is 0 Å². The molecular weight excluding hydrogens is 276 g/mol. The van der Waals surface area contributed by atoms with Crippen molar-refractivity contribution >= 4 is 22.8 Å². The molecule has 0 aromatic carbocycles. The number of aryl methyl sites for hydroxylation is 1. The van der Waals surface area contributed by atoms with Crippen LogP contribution in [0.3, 0.4) is 0 Å². The van der Waals surface area contributed by atoms with Crippen LogP contribution in [0.4, 0.5) is 0 Å². The lowest BCUT2D eigenvalue weighted by Gasteiger charge is -2.11. The van der Waals surface area contributed by atoms with Crippen molar-refractivity contribution in [2.24, 2.45) is 14.1 Å². The fraction of sp³-hybridized carbons (Fsp3) is 0.538. The summed E-state index contributed by atoms with van der Waals surface area (Å²) in [5.74, 6) is 1.97. The van der Waals surface area contributed by atoms with Gasteiger partial charge < -0.3 is 0 Å². The van der Waals surface area contributed by atoms with Gasteiger partial charge in [0, 0.05) is 20.0 Å². The zero-order valence-corrected chi connectivity index (χ0v) is 12.5. The van der Waals surface area contributed by atoms with Crippen LogP contribution >= 0.6 is 11.8 Å². The monoisotopic (exact) mass is 292 g/mol. The Morgan fingerprint density at radius 2 is 1.90 bits per heavy atom. The molecule has 0 atom stereocenters. The van der Waals surface area contributed by atoms with Gasteiger partial charge in [-0.3, -0.25) is 13.9 Å². The van der Waals surface area contributed by atoms with Gasteiger partial charge in [-0.05, 0) is 18.6 Å². The van der Waals surface area contributed by atoms with Crippen LogP contribution in [0.15, 0.2) is 14.6 Å². The summed E-state index contributed by atoms with van der Waals surface area (Å²) in [5, 5.41) is 1.14. The Labute approximate surface area is 119 Å². The molecule has 1 fully saturated rings. The summed E-state index contributed by atoms with van der Waals surface area (Å²) in [7, 11) is 3.13. The van der Waals surface area contributed by atoms with E-state index in [2.05, 4.69) is 9.97 Å².